The van der Waals surface area contributed by atoms with E-state index in [2.05, 4.69) is 55.8 Å². The van der Waals surface area contributed by atoms with Crippen molar-refractivity contribution in [1.82, 2.24) is 0 Å². The molecule has 1 nitrogen and oxygen atoms in total. The third-order valence-electron chi connectivity index (χ3n) is 2.47. The molecule has 1 aromatic rings. The summed E-state index contributed by atoms with van der Waals surface area (Å²) in [6, 6.07) is 8.62. The molecule has 1 aliphatic rings. The lowest BCUT2D eigenvalue weighted by Crippen LogP contribution is -2.28. The second kappa shape index (κ2) is 2.69. The second-order valence-corrected chi connectivity index (χ2v) is 4.56. The molecule has 1 aromatic carbocycles. The van der Waals surface area contributed by atoms with E-state index in [0.29, 0.717) is 0 Å². The molecule has 0 fully saturated rings. The van der Waals surface area contributed by atoms with Crippen LogP contribution in [0.2, 0.25) is 0 Å². The Bertz CT molecular complexity index is 356. The Balaban J connectivity index is 2.48. The average Bonchev–Trinajstić information content (AvgIpc) is 2.45. The summed E-state index contributed by atoms with van der Waals surface area (Å²) in [6.07, 6.45) is 3.36. The van der Waals surface area contributed by atoms with E-state index in [1.165, 1.54) is 11.3 Å². The van der Waals surface area contributed by atoms with E-state index >= 15 is 0 Å². The van der Waals surface area contributed by atoms with Gasteiger partial charge in [-0.3, -0.25) is 0 Å². The van der Waals surface area contributed by atoms with Gasteiger partial charge in [-0.1, -0.05) is 18.2 Å². The van der Waals surface area contributed by atoms with Crippen LogP contribution < -0.4 is 0 Å². The maximum absolute atomic E-state index is 2.36. The molecule has 1 heteroatoms. The molecule has 0 radical (unpaired) electrons. The maximum atomic E-state index is 2.36. The molecule has 13 heavy (non-hydrogen) atoms. The van der Waals surface area contributed by atoms with E-state index in [-0.39, 0.29) is 5.54 Å². The SMILES string of the molecule is CC(C)(C)[N+]1=CCc2ccccc21. The number of para-hydroxylation sites is 1. The summed E-state index contributed by atoms with van der Waals surface area (Å²) in [5.41, 5.74) is 3.01. The van der Waals surface area contributed by atoms with Crippen LogP contribution in [0.5, 0.6) is 0 Å². The van der Waals surface area contributed by atoms with Crippen LogP contribution in [0.3, 0.4) is 0 Å². The number of fused-ring (bicyclic) bond motifs is 1. The minimum atomic E-state index is 0.201. The van der Waals surface area contributed by atoms with Crippen molar-refractivity contribution in [3.05, 3.63) is 29.8 Å². The highest BCUT2D eigenvalue weighted by Crippen LogP contribution is 2.28. The highest BCUT2D eigenvalue weighted by atomic mass is 15.1. The highest BCUT2D eigenvalue weighted by Gasteiger charge is 2.31. The van der Waals surface area contributed by atoms with Crippen LogP contribution in [-0.2, 0) is 6.42 Å². The van der Waals surface area contributed by atoms with E-state index < -0.39 is 0 Å². The Morgan fingerprint density at radius 1 is 1.15 bits per heavy atom. The van der Waals surface area contributed by atoms with Crippen molar-refractivity contribution >= 4 is 11.9 Å². The molecule has 0 saturated carbocycles. The van der Waals surface area contributed by atoms with Crippen LogP contribution in [0.1, 0.15) is 26.3 Å². The normalized spacial score (nSPS) is 15.5. The zero-order chi connectivity index (χ0) is 9.47. The van der Waals surface area contributed by atoms with Gasteiger partial charge in [-0.15, -0.1) is 0 Å². The first-order valence-electron chi connectivity index (χ1n) is 4.79. The summed E-state index contributed by atoms with van der Waals surface area (Å²) < 4.78 is 2.36. The Kier molecular flexibility index (Phi) is 1.76. The van der Waals surface area contributed by atoms with Crippen LogP contribution in [0.15, 0.2) is 24.3 Å². The second-order valence-electron chi connectivity index (χ2n) is 4.56. The number of hydrogen-bond acceptors (Lipinski definition) is 0. The van der Waals surface area contributed by atoms with Crippen molar-refractivity contribution in [2.75, 3.05) is 0 Å². The fourth-order valence-electron chi connectivity index (χ4n) is 1.84. The van der Waals surface area contributed by atoms with E-state index in [0.717, 1.165) is 6.42 Å². The molecule has 0 aromatic heterocycles. The molecule has 0 N–H and O–H groups in total. The molecule has 0 spiro atoms. The zero-order valence-corrected chi connectivity index (χ0v) is 8.54. The maximum Gasteiger partial charge on any atom is 0.209 e. The third-order valence-corrected chi connectivity index (χ3v) is 2.47. The third kappa shape index (κ3) is 1.39. The molecule has 1 heterocycles. The Hall–Kier alpha value is -1.11. The lowest BCUT2D eigenvalue weighted by atomic mass is 10.1. The number of nitrogens with zero attached hydrogens (tertiary/aromatic N) is 1. The molecule has 0 aliphatic carbocycles. The van der Waals surface area contributed by atoms with Gasteiger partial charge in [-0.2, -0.15) is 4.58 Å². The van der Waals surface area contributed by atoms with Crippen LogP contribution in [0.4, 0.5) is 5.69 Å². The Morgan fingerprint density at radius 2 is 1.85 bits per heavy atom. The molecule has 2 rings (SSSR count). The van der Waals surface area contributed by atoms with Gasteiger partial charge in [0.15, 0.2) is 11.8 Å². The van der Waals surface area contributed by atoms with Gasteiger partial charge < -0.3 is 0 Å². The zero-order valence-electron chi connectivity index (χ0n) is 8.54. The van der Waals surface area contributed by atoms with E-state index in [9.17, 15) is 0 Å². The molecular formula is C12H16N+. The smallest absolute Gasteiger partial charge is 0.198 e. The molecule has 0 atom stereocenters. The Labute approximate surface area is 79.7 Å². The van der Waals surface area contributed by atoms with Gasteiger partial charge in [0.05, 0.1) is 6.42 Å². The predicted molar refractivity (Wildman–Crippen MR) is 55.9 cm³/mol. The number of benzene rings is 1. The highest BCUT2D eigenvalue weighted by molar-refractivity contribution is 5.67. The van der Waals surface area contributed by atoms with Crippen LogP contribution in [0.25, 0.3) is 0 Å². The molecule has 0 bridgehead atoms. The van der Waals surface area contributed by atoms with Gasteiger partial charge in [-0.05, 0) is 0 Å². The molecular weight excluding hydrogens is 158 g/mol. The monoisotopic (exact) mass is 174 g/mol. The fraction of sp³-hybridized carbons (Fsp3) is 0.417. The minimum Gasteiger partial charge on any atom is -0.198 e. The van der Waals surface area contributed by atoms with Gasteiger partial charge in [0, 0.05) is 32.4 Å². The summed E-state index contributed by atoms with van der Waals surface area (Å²) in [5, 5.41) is 0. The summed E-state index contributed by atoms with van der Waals surface area (Å²) in [5.74, 6) is 0. The number of rotatable bonds is 0. The topological polar surface area (TPSA) is 3.01 Å². The van der Waals surface area contributed by atoms with Crippen molar-refractivity contribution in [1.29, 1.82) is 0 Å². The van der Waals surface area contributed by atoms with Gasteiger partial charge in [0.1, 0.15) is 0 Å². The molecule has 0 amide bonds. The lowest BCUT2D eigenvalue weighted by Gasteiger charge is -2.15. The van der Waals surface area contributed by atoms with E-state index in [1.54, 1.807) is 0 Å². The predicted octanol–water partition coefficient (Wildman–Crippen LogP) is 2.76. The van der Waals surface area contributed by atoms with Gasteiger partial charge >= 0.3 is 0 Å². The van der Waals surface area contributed by atoms with Crippen molar-refractivity contribution in [2.45, 2.75) is 32.7 Å². The quantitative estimate of drug-likeness (QED) is 0.532. The van der Waals surface area contributed by atoms with Crippen molar-refractivity contribution in [3.63, 3.8) is 0 Å². The van der Waals surface area contributed by atoms with E-state index in [4.69, 9.17) is 0 Å². The molecule has 0 unspecified atom stereocenters. The molecule has 68 valence electrons. The fourth-order valence-corrected chi connectivity index (χ4v) is 1.84. The largest absolute Gasteiger partial charge is 0.209 e. The summed E-state index contributed by atoms with van der Waals surface area (Å²) >= 11 is 0. The van der Waals surface area contributed by atoms with Crippen LogP contribution >= 0.6 is 0 Å². The minimum absolute atomic E-state index is 0.201. The Morgan fingerprint density at radius 3 is 2.54 bits per heavy atom. The first kappa shape index (κ1) is 8.49. The molecule has 1 aliphatic heterocycles. The first-order valence-corrected chi connectivity index (χ1v) is 4.79. The lowest BCUT2D eigenvalue weighted by molar-refractivity contribution is -0.513. The standard InChI is InChI=1S/C12H16N/c1-12(2,3)13-9-8-10-6-4-5-7-11(10)13/h4-7,9H,8H2,1-3H3/q+1. The van der Waals surface area contributed by atoms with Gasteiger partial charge in [0.25, 0.3) is 0 Å². The van der Waals surface area contributed by atoms with Gasteiger partial charge in [-0.25, -0.2) is 0 Å². The van der Waals surface area contributed by atoms with Crippen LogP contribution in [-0.4, -0.2) is 16.3 Å². The summed E-state index contributed by atoms with van der Waals surface area (Å²) in [4.78, 5) is 0. The van der Waals surface area contributed by atoms with Crippen molar-refractivity contribution < 1.29 is 4.58 Å². The van der Waals surface area contributed by atoms with Gasteiger partial charge in [0.2, 0.25) is 5.69 Å². The van der Waals surface area contributed by atoms with E-state index in [1.807, 2.05) is 0 Å². The molecule has 0 saturated heterocycles. The van der Waals surface area contributed by atoms with Crippen molar-refractivity contribution in [2.24, 2.45) is 0 Å². The summed E-state index contributed by atoms with van der Waals surface area (Å²) in [7, 11) is 0. The first-order chi connectivity index (χ1) is 6.09. The average molecular weight is 174 g/mol. The van der Waals surface area contributed by atoms with Crippen molar-refractivity contribution in [3.8, 4) is 0 Å². The number of hydrogen-bond donors (Lipinski definition) is 0. The summed E-state index contributed by atoms with van der Waals surface area (Å²) in [6.45, 7) is 6.72. The van der Waals surface area contributed by atoms with Crippen LogP contribution in [0, 0.1) is 0 Å².